The smallest absolute Gasteiger partial charge is 0.258 e. The number of aromatic nitrogens is 5. The van der Waals surface area contributed by atoms with Crippen LogP contribution in [0, 0.1) is 10.1 Å². The summed E-state index contributed by atoms with van der Waals surface area (Å²) in [7, 11) is 0. The Hall–Kier alpha value is -3.33. The van der Waals surface area contributed by atoms with E-state index in [1.54, 1.807) is 16.8 Å². The van der Waals surface area contributed by atoms with Crippen LogP contribution in [0.1, 0.15) is 11.1 Å². The van der Waals surface area contributed by atoms with Crippen LogP contribution >= 0.6 is 11.8 Å². The quantitative estimate of drug-likeness (QED) is 0.219. The summed E-state index contributed by atoms with van der Waals surface area (Å²) in [5.74, 6) is 0.541. The molecule has 2 aromatic carbocycles. The van der Waals surface area contributed by atoms with Crippen LogP contribution in [0.4, 0.5) is 5.69 Å². The summed E-state index contributed by atoms with van der Waals surface area (Å²) in [6.45, 7) is 0.573. The fourth-order valence-electron chi connectivity index (χ4n) is 2.65. The van der Waals surface area contributed by atoms with E-state index in [-0.39, 0.29) is 5.69 Å². The summed E-state index contributed by atoms with van der Waals surface area (Å²) in [5, 5.41) is 20.0. The van der Waals surface area contributed by atoms with Crippen LogP contribution in [0.3, 0.4) is 0 Å². The molecule has 134 valence electrons. The molecule has 4 rings (SSSR count). The number of thioether (sulfide) groups is 1. The van der Waals surface area contributed by atoms with Gasteiger partial charge in [0.2, 0.25) is 0 Å². The molecule has 0 radical (unpaired) electrons. The maximum Gasteiger partial charge on any atom is 0.269 e. The summed E-state index contributed by atoms with van der Waals surface area (Å²) in [6.07, 6.45) is 1.49. The van der Waals surface area contributed by atoms with Gasteiger partial charge in [-0.3, -0.25) is 10.1 Å². The Morgan fingerprint density at radius 2 is 1.85 bits per heavy atom. The molecule has 0 saturated carbocycles. The number of nitro groups is 1. The van der Waals surface area contributed by atoms with E-state index in [1.165, 1.54) is 24.2 Å². The first-order valence-electron chi connectivity index (χ1n) is 8.15. The van der Waals surface area contributed by atoms with Gasteiger partial charge in [-0.15, -0.1) is 5.10 Å². The highest BCUT2D eigenvalue weighted by molar-refractivity contribution is 7.98. The van der Waals surface area contributed by atoms with Crippen LogP contribution in [0.5, 0.6) is 0 Å². The molecule has 0 aliphatic carbocycles. The second-order valence-corrected chi connectivity index (χ2v) is 6.76. The molecule has 0 aliphatic heterocycles. The molecular formula is C18H14N6O2S. The second-order valence-electron chi connectivity index (χ2n) is 5.80. The van der Waals surface area contributed by atoms with Gasteiger partial charge in [-0.1, -0.05) is 59.4 Å². The van der Waals surface area contributed by atoms with E-state index in [0.29, 0.717) is 28.5 Å². The zero-order chi connectivity index (χ0) is 18.6. The summed E-state index contributed by atoms with van der Waals surface area (Å²) >= 11 is 1.45. The Balaban J connectivity index is 1.56. The van der Waals surface area contributed by atoms with Crippen molar-refractivity contribution in [2.75, 3.05) is 0 Å². The number of benzene rings is 2. The van der Waals surface area contributed by atoms with Gasteiger partial charge in [0.25, 0.3) is 5.69 Å². The molecule has 0 unspecified atom stereocenters. The van der Waals surface area contributed by atoms with Crippen LogP contribution in [-0.2, 0) is 12.3 Å². The van der Waals surface area contributed by atoms with Gasteiger partial charge < -0.3 is 0 Å². The summed E-state index contributed by atoms with van der Waals surface area (Å²) in [6, 6.07) is 16.5. The molecule has 0 fully saturated rings. The van der Waals surface area contributed by atoms with Gasteiger partial charge in [-0.25, -0.2) is 14.6 Å². The molecule has 0 amide bonds. The zero-order valence-electron chi connectivity index (χ0n) is 14.1. The molecule has 4 aromatic rings. The number of hydrogen-bond acceptors (Lipinski definition) is 7. The number of hydrogen-bond donors (Lipinski definition) is 0. The lowest BCUT2D eigenvalue weighted by Gasteiger charge is -2.03. The average molecular weight is 378 g/mol. The lowest BCUT2D eigenvalue weighted by molar-refractivity contribution is -0.384. The molecule has 0 bridgehead atoms. The van der Waals surface area contributed by atoms with E-state index in [2.05, 4.69) is 20.3 Å². The van der Waals surface area contributed by atoms with E-state index in [0.717, 1.165) is 11.1 Å². The van der Waals surface area contributed by atoms with Gasteiger partial charge in [-0.2, -0.15) is 0 Å². The predicted octanol–water partition coefficient (Wildman–Crippen LogP) is 3.47. The third-order valence-corrected chi connectivity index (χ3v) is 4.99. The van der Waals surface area contributed by atoms with Gasteiger partial charge >= 0.3 is 0 Å². The van der Waals surface area contributed by atoms with Crippen LogP contribution in [0.15, 0.2) is 66.0 Å². The van der Waals surface area contributed by atoms with Crippen molar-refractivity contribution in [1.82, 2.24) is 25.0 Å². The fraction of sp³-hybridized carbons (Fsp3) is 0.111. The van der Waals surface area contributed by atoms with Crippen molar-refractivity contribution in [1.29, 1.82) is 0 Å². The minimum Gasteiger partial charge on any atom is -0.258 e. The third kappa shape index (κ3) is 3.77. The monoisotopic (exact) mass is 378 g/mol. The first kappa shape index (κ1) is 17.1. The van der Waals surface area contributed by atoms with Crippen molar-refractivity contribution >= 4 is 28.6 Å². The Labute approximate surface area is 158 Å². The first-order chi connectivity index (χ1) is 13.2. The van der Waals surface area contributed by atoms with E-state index in [9.17, 15) is 10.1 Å². The number of rotatable bonds is 6. The van der Waals surface area contributed by atoms with Crippen molar-refractivity contribution in [3.8, 4) is 0 Å². The highest BCUT2D eigenvalue weighted by Gasteiger charge is 2.13. The Bertz CT molecular complexity index is 1100. The molecule has 0 saturated heterocycles. The van der Waals surface area contributed by atoms with Crippen molar-refractivity contribution < 1.29 is 4.92 Å². The minimum absolute atomic E-state index is 0.0785. The predicted molar refractivity (Wildman–Crippen MR) is 101 cm³/mol. The molecule has 9 heteroatoms. The lowest BCUT2D eigenvalue weighted by Crippen LogP contribution is -2.02. The van der Waals surface area contributed by atoms with E-state index in [1.807, 2.05) is 36.4 Å². The normalized spacial score (nSPS) is 11.0. The van der Waals surface area contributed by atoms with Crippen LogP contribution in [0.25, 0.3) is 11.2 Å². The van der Waals surface area contributed by atoms with Gasteiger partial charge in [0.15, 0.2) is 11.2 Å². The first-order valence-corrected chi connectivity index (χ1v) is 9.13. The van der Waals surface area contributed by atoms with Crippen LogP contribution in [-0.4, -0.2) is 29.9 Å². The van der Waals surface area contributed by atoms with E-state index < -0.39 is 4.92 Å². The van der Waals surface area contributed by atoms with Crippen molar-refractivity contribution in [2.45, 2.75) is 17.3 Å². The van der Waals surface area contributed by atoms with Crippen LogP contribution < -0.4 is 0 Å². The zero-order valence-corrected chi connectivity index (χ0v) is 14.9. The lowest BCUT2D eigenvalue weighted by atomic mass is 10.2. The van der Waals surface area contributed by atoms with E-state index in [4.69, 9.17) is 0 Å². The SMILES string of the molecule is O=[N+]([O-])c1cccc(CSc2ncnc3c2nnn3Cc2ccccc2)c1. The highest BCUT2D eigenvalue weighted by Crippen LogP contribution is 2.27. The molecule has 8 nitrogen and oxygen atoms in total. The van der Waals surface area contributed by atoms with Gasteiger partial charge in [-0.05, 0) is 11.1 Å². The van der Waals surface area contributed by atoms with Gasteiger partial charge in [0, 0.05) is 17.9 Å². The number of nitrogens with zero attached hydrogens (tertiary/aromatic N) is 6. The largest absolute Gasteiger partial charge is 0.269 e. The Kier molecular flexibility index (Phi) is 4.75. The van der Waals surface area contributed by atoms with E-state index >= 15 is 0 Å². The van der Waals surface area contributed by atoms with Crippen LogP contribution in [0.2, 0.25) is 0 Å². The summed E-state index contributed by atoms with van der Waals surface area (Å²) < 4.78 is 1.74. The summed E-state index contributed by atoms with van der Waals surface area (Å²) in [5.41, 5.74) is 3.32. The topological polar surface area (TPSA) is 99.6 Å². The standard InChI is InChI=1S/C18H14N6O2S/c25-24(26)15-8-4-7-14(9-15)11-27-18-16-17(19-12-20-18)23(22-21-16)10-13-5-2-1-3-6-13/h1-9,12H,10-11H2. The molecule has 0 spiro atoms. The number of nitro benzene ring substituents is 1. The average Bonchev–Trinajstić information content (AvgIpc) is 3.11. The number of fused-ring (bicyclic) bond motifs is 1. The minimum atomic E-state index is -0.397. The highest BCUT2D eigenvalue weighted by atomic mass is 32.2. The summed E-state index contributed by atoms with van der Waals surface area (Å²) in [4.78, 5) is 19.1. The molecule has 27 heavy (non-hydrogen) atoms. The molecule has 2 heterocycles. The second kappa shape index (κ2) is 7.50. The van der Waals surface area contributed by atoms with Crippen molar-refractivity contribution in [3.63, 3.8) is 0 Å². The molecule has 0 aliphatic rings. The fourth-order valence-corrected chi connectivity index (χ4v) is 3.52. The van der Waals surface area contributed by atoms with Crippen molar-refractivity contribution in [2.24, 2.45) is 0 Å². The third-order valence-electron chi connectivity index (χ3n) is 3.94. The molecule has 2 aromatic heterocycles. The molecule has 0 atom stereocenters. The van der Waals surface area contributed by atoms with Crippen molar-refractivity contribution in [3.05, 3.63) is 82.2 Å². The Morgan fingerprint density at radius 3 is 2.67 bits per heavy atom. The van der Waals surface area contributed by atoms with Gasteiger partial charge in [0.05, 0.1) is 11.5 Å². The number of non-ortho nitro benzene ring substituents is 1. The molecule has 0 N–H and O–H groups in total. The maximum atomic E-state index is 10.9. The maximum absolute atomic E-state index is 10.9. The molecular weight excluding hydrogens is 364 g/mol. The van der Waals surface area contributed by atoms with Gasteiger partial charge in [0.1, 0.15) is 11.4 Å². The Morgan fingerprint density at radius 1 is 1.04 bits per heavy atom.